The van der Waals surface area contributed by atoms with Gasteiger partial charge in [-0.05, 0) is 25.3 Å². The lowest BCUT2D eigenvalue weighted by atomic mass is 9.90. The molecule has 0 aromatic heterocycles. The Balaban J connectivity index is 3.82. The van der Waals surface area contributed by atoms with Crippen LogP contribution in [0.15, 0.2) is 0 Å². The van der Waals surface area contributed by atoms with Gasteiger partial charge in [0, 0.05) is 13.0 Å². The summed E-state index contributed by atoms with van der Waals surface area (Å²) in [5.41, 5.74) is 10.7. The highest BCUT2D eigenvalue weighted by atomic mass is 16.1. The van der Waals surface area contributed by atoms with Crippen LogP contribution in [0.4, 0.5) is 0 Å². The number of carbonyl (C=O) groups is 1. The molecule has 1 atom stereocenters. The van der Waals surface area contributed by atoms with Gasteiger partial charge < -0.3 is 16.8 Å². The number of rotatable bonds is 7. The third kappa shape index (κ3) is 6.43. The Morgan fingerprint density at radius 2 is 1.93 bits per heavy atom. The summed E-state index contributed by atoms with van der Waals surface area (Å²) in [5.74, 6) is 0.546. The minimum absolute atomic E-state index is 0.0748. The number of nitrogens with two attached hydrogens (primary N) is 2. The van der Waals surface area contributed by atoms with E-state index in [-0.39, 0.29) is 11.8 Å². The summed E-state index contributed by atoms with van der Waals surface area (Å²) in [4.78, 5) is 11.5. The zero-order valence-corrected chi connectivity index (χ0v) is 9.92. The van der Waals surface area contributed by atoms with Crippen molar-refractivity contribution >= 4 is 5.91 Å². The van der Waals surface area contributed by atoms with Gasteiger partial charge in [-0.3, -0.25) is 10.1 Å². The van der Waals surface area contributed by atoms with E-state index in [0.29, 0.717) is 5.92 Å². The van der Waals surface area contributed by atoms with Crippen LogP contribution >= 0.6 is 0 Å². The molecule has 0 aromatic rings. The van der Waals surface area contributed by atoms with Crippen LogP contribution in [0.3, 0.4) is 0 Å². The first-order valence-corrected chi connectivity index (χ1v) is 5.45. The monoisotopic (exact) mass is 216 g/mol. The Morgan fingerprint density at radius 3 is 2.33 bits per heavy atom. The Labute approximate surface area is 92.0 Å². The highest BCUT2D eigenvalue weighted by Crippen LogP contribution is 2.16. The number of hydrogen-bond donors (Lipinski definition) is 4. The number of nitrogens with one attached hydrogen (secondary N) is 2. The second kappa shape index (κ2) is 7.62. The summed E-state index contributed by atoms with van der Waals surface area (Å²) in [6.45, 7) is 4.86. The topological polar surface area (TPSA) is 93.2 Å². The minimum Gasteiger partial charge on any atom is -0.359 e. The molecule has 90 valence electrons. The van der Waals surface area contributed by atoms with Crippen molar-refractivity contribution in [3.63, 3.8) is 0 Å². The van der Waals surface area contributed by atoms with E-state index in [1.54, 1.807) is 7.05 Å². The van der Waals surface area contributed by atoms with Crippen LogP contribution in [-0.4, -0.2) is 25.8 Å². The van der Waals surface area contributed by atoms with Crippen molar-refractivity contribution in [3.05, 3.63) is 0 Å². The van der Waals surface area contributed by atoms with Crippen LogP contribution < -0.4 is 22.1 Å². The molecular weight excluding hydrogens is 192 g/mol. The lowest BCUT2D eigenvalue weighted by Crippen LogP contribution is -2.45. The predicted octanol–water partition coefficient (Wildman–Crippen LogP) is -0.425. The minimum atomic E-state index is -0.470. The second-order valence-electron chi connectivity index (χ2n) is 4.09. The van der Waals surface area contributed by atoms with Crippen molar-refractivity contribution in [1.29, 1.82) is 0 Å². The summed E-state index contributed by atoms with van der Waals surface area (Å²) >= 11 is 0. The maximum atomic E-state index is 11.5. The fourth-order valence-corrected chi connectivity index (χ4v) is 1.54. The second-order valence-corrected chi connectivity index (χ2v) is 4.09. The van der Waals surface area contributed by atoms with Gasteiger partial charge in [0.25, 0.3) is 0 Å². The van der Waals surface area contributed by atoms with Gasteiger partial charge in [0.15, 0.2) is 0 Å². The molecule has 0 spiro atoms. The first-order chi connectivity index (χ1) is 6.99. The van der Waals surface area contributed by atoms with Gasteiger partial charge in [0.2, 0.25) is 5.91 Å². The zero-order chi connectivity index (χ0) is 11.8. The zero-order valence-electron chi connectivity index (χ0n) is 9.92. The molecule has 1 amide bonds. The van der Waals surface area contributed by atoms with Crippen LogP contribution in [-0.2, 0) is 4.79 Å². The molecule has 0 saturated heterocycles. The number of carbonyl (C=O) groups excluding carboxylic acids is 1. The Bertz CT molecular complexity index is 182. The van der Waals surface area contributed by atoms with Crippen LogP contribution in [0, 0.1) is 11.8 Å². The van der Waals surface area contributed by atoms with Gasteiger partial charge in [0.1, 0.15) is 6.29 Å². The summed E-state index contributed by atoms with van der Waals surface area (Å²) in [6.07, 6.45) is 1.29. The van der Waals surface area contributed by atoms with Crippen molar-refractivity contribution in [3.8, 4) is 0 Å². The van der Waals surface area contributed by atoms with E-state index >= 15 is 0 Å². The van der Waals surface area contributed by atoms with Gasteiger partial charge in [-0.15, -0.1) is 0 Å². The molecule has 6 N–H and O–H groups in total. The normalized spacial score (nSPS) is 13.3. The Hall–Kier alpha value is -0.650. The van der Waals surface area contributed by atoms with E-state index in [2.05, 4.69) is 24.5 Å². The van der Waals surface area contributed by atoms with Gasteiger partial charge in [-0.2, -0.15) is 0 Å². The SMILES string of the molecule is CNC(=O)C(CCCNC(N)N)C(C)C. The average Bonchev–Trinajstić information content (AvgIpc) is 2.15. The molecule has 0 bridgehead atoms. The first kappa shape index (κ1) is 14.3. The van der Waals surface area contributed by atoms with Gasteiger partial charge in [0.05, 0.1) is 0 Å². The predicted molar refractivity (Wildman–Crippen MR) is 61.8 cm³/mol. The van der Waals surface area contributed by atoms with Crippen LogP contribution in [0.5, 0.6) is 0 Å². The molecule has 5 nitrogen and oxygen atoms in total. The van der Waals surface area contributed by atoms with Gasteiger partial charge >= 0.3 is 0 Å². The van der Waals surface area contributed by atoms with Crippen LogP contribution in [0.1, 0.15) is 26.7 Å². The highest BCUT2D eigenvalue weighted by Gasteiger charge is 2.20. The fourth-order valence-electron chi connectivity index (χ4n) is 1.54. The molecule has 15 heavy (non-hydrogen) atoms. The molecule has 0 fully saturated rings. The molecule has 0 rings (SSSR count). The molecule has 0 aliphatic carbocycles. The molecular formula is C10H24N4O. The summed E-state index contributed by atoms with van der Waals surface area (Å²) in [6, 6.07) is 0. The van der Waals surface area contributed by atoms with Crippen molar-refractivity contribution in [1.82, 2.24) is 10.6 Å². The maximum Gasteiger partial charge on any atom is 0.223 e. The summed E-state index contributed by atoms with van der Waals surface area (Å²) in [5, 5.41) is 5.61. The standard InChI is InChI=1S/C10H24N4O/c1-7(2)8(9(15)13-3)5-4-6-14-10(11)12/h7-8,10,14H,4-6,11-12H2,1-3H3,(H,13,15). The Morgan fingerprint density at radius 1 is 1.33 bits per heavy atom. The molecule has 5 heteroatoms. The van der Waals surface area contributed by atoms with E-state index in [9.17, 15) is 4.79 Å². The number of amides is 1. The number of hydrogen-bond acceptors (Lipinski definition) is 4. The third-order valence-corrected chi connectivity index (χ3v) is 2.46. The van der Waals surface area contributed by atoms with Crippen molar-refractivity contribution in [2.45, 2.75) is 33.0 Å². The Kier molecular flexibility index (Phi) is 7.29. The molecule has 0 radical (unpaired) electrons. The summed E-state index contributed by atoms with van der Waals surface area (Å²) in [7, 11) is 1.67. The lowest BCUT2D eigenvalue weighted by molar-refractivity contribution is -0.126. The molecule has 0 aromatic carbocycles. The van der Waals surface area contributed by atoms with Gasteiger partial charge in [-0.25, -0.2) is 0 Å². The van der Waals surface area contributed by atoms with E-state index in [0.717, 1.165) is 19.4 Å². The maximum absolute atomic E-state index is 11.5. The van der Waals surface area contributed by atoms with Gasteiger partial charge in [-0.1, -0.05) is 13.8 Å². The van der Waals surface area contributed by atoms with E-state index in [1.807, 2.05) is 0 Å². The van der Waals surface area contributed by atoms with E-state index < -0.39 is 6.29 Å². The van der Waals surface area contributed by atoms with E-state index in [4.69, 9.17) is 11.5 Å². The first-order valence-electron chi connectivity index (χ1n) is 5.45. The lowest BCUT2D eigenvalue weighted by Gasteiger charge is -2.19. The van der Waals surface area contributed by atoms with E-state index in [1.165, 1.54) is 0 Å². The van der Waals surface area contributed by atoms with Crippen molar-refractivity contribution in [2.24, 2.45) is 23.3 Å². The fraction of sp³-hybridized carbons (Fsp3) is 0.900. The molecule has 0 aliphatic heterocycles. The smallest absolute Gasteiger partial charge is 0.223 e. The third-order valence-electron chi connectivity index (χ3n) is 2.46. The van der Waals surface area contributed by atoms with Crippen molar-refractivity contribution < 1.29 is 4.79 Å². The highest BCUT2D eigenvalue weighted by molar-refractivity contribution is 5.78. The largest absolute Gasteiger partial charge is 0.359 e. The average molecular weight is 216 g/mol. The molecule has 1 unspecified atom stereocenters. The molecule has 0 aliphatic rings. The molecule has 0 saturated carbocycles. The molecule has 0 heterocycles. The summed E-state index contributed by atoms with van der Waals surface area (Å²) < 4.78 is 0. The quantitative estimate of drug-likeness (QED) is 0.343. The van der Waals surface area contributed by atoms with Crippen molar-refractivity contribution in [2.75, 3.05) is 13.6 Å². The van der Waals surface area contributed by atoms with Crippen LogP contribution in [0.25, 0.3) is 0 Å². The van der Waals surface area contributed by atoms with Crippen LogP contribution in [0.2, 0.25) is 0 Å².